The van der Waals surface area contributed by atoms with E-state index in [4.69, 9.17) is 18.8 Å². The maximum Gasteiger partial charge on any atom is 1.00 e. The van der Waals surface area contributed by atoms with Gasteiger partial charge in [0.2, 0.25) is 0 Å². The van der Waals surface area contributed by atoms with Crippen molar-refractivity contribution in [2.75, 3.05) is 0 Å². The van der Waals surface area contributed by atoms with Gasteiger partial charge in [-0.1, -0.05) is 0 Å². The zero-order chi connectivity index (χ0) is 9.78. The third-order valence-corrected chi connectivity index (χ3v) is 1.17. The first-order valence-corrected chi connectivity index (χ1v) is 11.0. The zero-order valence-corrected chi connectivity index (χ0v) is 13.5. The number of hydrogen-bond donors (Lipinski definition) is 0. The second kappa shape index (κ2) is 20.8. The summed E-state index contributed by atoms with van der Waals surface area (Å²) in [5.74, 6) is 0. The Kier molecular flexibility index (Phi) is 30.0. The predicted octanol–water partition coefficient (Wildman–Crippen LogP) is -2.00. The molecular formula is C10H10Cl2Li2W. The molecule has 0 amide bonds. The van der Waals surface area contributed by atoms with E-state index < -0.39 is 16.5 Å². The van der Waals surface area contributed by atoms with E-state index in [1.165, 1.54) is 0 Å². The number of rotatable bonds is 0. The maximum absolute atomic E-state index is 4.93. The van der Waals surface area contributed by atoms with E-state index in [0.29, 0.717) is 0 Å². The van der Waals surface area contributed by atoms with E-state index in [-0.39, 0.29) is 37.7 Å². The Bertz CT molecular complexity index is 171. The van der Waals surface area contributed by atoms with Crippen molar-refractivity contribution >= 4 is 18.8 Å². The first-order chi connectivity index (χ1) is 6.41. The van der Waals surface area contributed by atoms with E-state index >= 15 is 0 Å². The Morgan fingerprint density at radius 1 is 0.867 bits per heavy atom. The van der Waals surface area contributed by atoms with Crippen LogP contribution in [0.5, 0.6) is 0 Å². The Morgan fingerprint density at radius 2 is 1.20 bits per heavy atom. The van der Waals surface area contributed by atoms with Crippen LogP contribution in [0.15, 0.2) is 36.5 Å². The van der Waals surface area contributed by atoms with Gasteiger partial charge >= 0.3 is 73.0 Å². The molecule has 0 aromatic carbocycles. The average Bonchev–Trinajstić information content (AvgIpc) is 2.85. The Hall–Kier alpha value is 1.42. The van der Waals surface area contributed by atoms with Crippen LogP contribution in [0.2, 0.25) is 0 Å². The summed E-state index contributed by atoms with van der Waals surface area (Å²) < 4.78 is 0. The summed E-state index contributed by atoms with van der Waals surface area (Å²) in [6, 6.07) is 0. The van der Waals surface area contributed by atoms with E-state index in [2.05, 4.69) is 24.3 Å². The van der Waals surface area contributed by atoms with Crippen molar-refractivity contribution in [3.8, 4) is 0 Å². The molecule has 0 N–H and O–H groups in total. The van der Waals surface area contributed by atoms with Crippen molar-refractivity contribution < 1.29 is 54.2 Å². The van der Waals surface area contributed by atoms with E-state index in [0.717, 1.165) is 12.8 Å². The van der Waals surface area contributed by atoms with E-state index in [9.17, 15) is 0 Å². The quantitative estimate of drug-likeness (QED) is 0.327. The van der Waals surface area contributed by atoms with Crippen LogP contribution in [0.3, 0.4) is 0 Å². The molecule has 2 aliphatic carbocycles. The molecule has 0 atom stereocenters. The largest absolute Gasteiger partial charge is 1.00 e. The molecule has 15 heavy (non-hydrogen) atoms. The first-order valence-electron chi connectivity index (χ1n) is 3.74. The molecule has 0 aromatic heterocycles. The smallest absolute Gasteiger partial charge is 1.00 e. The van der Waals surface area contributed by atoms with Gasteiger partial charge in [-0.05, 0) is 0 Å². The van der Waals surface area contributed by atoms with Crippen LogP contribution in [-0.2, 0) is 16.5 Å². The van der Waals surface area contributed by atoms with Crippen molar-refractivity contribution in [3.05, 3.63) is 48.6 Å². The molecule has 0 fully saturated rings. The van der Waals surface area contributed by atoms with Crippen LogP contribution < -0.4 is 37.7 Å². The molecule has 0 nitrogen and oxygen atoms in total. The van der Waals surface area contributed by atoms with Gasteiger partial charge in [-0.25, -0.2) is 24.3 Å². The molecule has 0 bridgehead atoms. The molecule has 0 aliphatic heterocycles. The summed E-state index contributed by atoms with van der Waals surface area (Å²) in [6.07, 6.45) is 20.0. The van der Waals surface area contributed by atoms with Crippen molar-refractivity contribution in [2.24, 2.45) is 0 Å². The maximum atomic E-state index is 4.93. The van der Waals surface area contributed by atoms with Crippen LogP contribution in [0, 0.1) is 12.2 Å². The molecule has 2 rings (SSSR count). The van der Waals surface area contributed by atoms with Gasteiger partial charge in [0.1, 0.15) is 0 Å². The van der Waals surface area contributed by atoms with Crippen molar-refractivity contribution in [1.29, 1.82) is 0 Å². The second-order valence-corrected chi connectivity index (χ2v) is 6.30. The van der Waals surface area contributed by atoms with Gasteiger partial charge in [0.15, 0.2) is 0 Å². The molecule has 0 saturated heterocycles. The van der Waals surface area contributed by atoms with Gasteiger partial charge in [0.05, 0.1) is 0 Å². The molecule has 0 radical (unpaired) electrons. The molecule has 0 heterocycles. The van der Waals surface area contributed by atoms with Crippen LogP contribution in [0.1, 0.15) is 12.8 Å². The van der Waals surface area contributed by atoms with Gasteiger partial charge in [-0.3, -0.25) is 12.2 Å². The molecule has 5 heteroatoms. The third kappa shape index (κ3) is 21.3. The Labute approximate surface area is 133 Å². The normalized spacial score (nSPS) is 12.9. The average molecular weight is 399 g/mol. The second-order valence-electron chi connectivity index (χ2n) is 2.06. The molecule has 0 aromatic rings. The third-order valence-electron chi connectivity index (χ3n) is 1.17. The van der Waals surface area contributed by atoms with Gasteiger partial charge in [-0.15, -0.1) is 12.8 Å². The van der Waals surface area contributed by atoms with Crippen LogP contribution in [0.25, 0.3) is 0 Å². The SMILES string of the molecule is [C-]1=CC=CC1.[C-]1=CC=CC1.[Cl][W][Cl].[Li+].[Li+]. The van der Waals surface area contributed by atoms with Crippen LogP contribution in [-0.4, -0.2) is 0 Å². The standard InChI is InChI=1S/2C5H5.2ClH.2Li.W/c2*1-2-4-5-3-1;;;;;/h2*1-3H,4H2;2*1H;;;/q2*-1;;;2*+1;+2/p-2. The molecule has 0 saturated carbocycles. The minimum Gasteiger partial charge on any atom is 1.00 e. The van der Waals surface area contributed by atoms with Crippen molar-refractivity contribution in [2.45, 2.75) is 12.8 Å². The monoisotopic (exact) mass is 398 g/mol. The fourth-order valence-corrected chi connectivity index (χ4v) is 0.680. The number of hydrogen-bond acceptors (Lipinski definition) is 0. The summed E-state index contributed by atoms with van der Waals surface area (Å²) in [6.45, 7) is 0. The molecule has 72 valence electrons. The van der Waals surface area contributed by atoms with E-state index in [1.54, 1.807) is 0 Å². The predicted molar refractivity (Wildman–Crippen MR) is 54.8 cm³/mol. The first kappa shape index (κ1) is 21.7. The van der Waals surface area contributed by atoms with Gasteiger partial charge in [0, 0.05) is 0 Å². The summed E-state index contributed by atoms with van der Waals surface area (Å²) in [5, 5.41) is 0. The van der Waals surface area contributed by atoms with Crippen molar-refractivity contribution in [3.63, 3.8) is 0 Å². The molecular weight excluding hydrogens is 389 g/mol. The minimum absolute atomic E-state index is 0. The van der Waals surface area contributed by atoms with Gasteiger partial charge in [0.25, 0.3) is 0 Å². The fourth-order valence-electron chi connectivity index (χ4n) is 0.680. The topological polar surface area (TPSA) is 0 Å². The summed E-state index contributed by atoms with van der Waals surface area (Å²) in [4.78, 5) is 0. The number of halogens is 2. The van der Waals surface area contributed by atoms with E-state index in [1.807, 2.05) is 24.3 Å². The zero-order valence-electron chi connectivity index (χ0n) is 9.04. The Balaban J connectivity index is -0.000000140. The number of allylic oxidation sites excluding steroid dienone is 8. The fraction of sp³-hybridized carbons (Fsp3) is 0.200. The summed E-state index contributed by atoms with van der Waals surface area (Å²) in [5.41, 5.74) is 0. The van der Waals surface area contributed by atoms with Gasteiger partial charge in [-0.2, -0.15) is 12.2 Å². The molecule has 0 unspecified atom stereocenters. The molecule has 2 aliphatic rings. The van der Waals surface area contributed by atoms with Crippen LogP contribution in [0.4, 0.5) is 0 Å². The summed E-state index contributed by atoms with van der Waals surface area (Å²) in [7, 11) is 9.86. The van der Waals surface area contributed by atoms with Gasteiger partial charge < -0.3 is 0 Å². The van der Waals surface area contributed by atoms with Crippen molar-refractivity contribution in [1.82, 2.24) is 0 Å². The Morgan fingerprint density at radius 3 is 1.27 bits per heavy atom. The minimum atomic E-state index is -0.806. The van der Waals surface area contributed by atoms with Crippen LogP contribution >= 0.6 is 18.8 Å². The molecule has 0 spiro atoms. The summed E-state index contributed by atoms with van der Waals surface area (Å²) >= 11 is -0.806.